The number of pyridine rings is 1. The van der Waals surface area contributed by atoms with Gasteiger partial charge in [0.25, 0.3) is 0 Å². The summed E-state index contributed by atoms with van der Waals surface area (Å²) >= 11 is 0. The van der Waals surface area contributed by atoms with Crippen molar-refractivity contribution in [1.29, 1.82) is 0 Å². The molecule has 15 heavy (non-hydrogen) atoms. The van der Waals surface area contributed by atoms with Crippen molar-refractivity contribution in [2.24, 2.45) is 0 Å². The van der Waals surface area contributed by atoms with Gasteiger partial charge in [0.05, 0.1) is 19.2 Å². The van der Waals surface area contributed by atoms with Crippen molar-refractivity contribution in [2.45, 2.75) is 0 Å². The molecule has 0 radical (unpaired) electrons. The average Bonchev–Trinajstić information content (AvgIpc) is 2.25. The smallest absolute Gasteiger partial charge is 0.405 e. The number of rotatable bonds is 4. The normalized spacial score (nSPS) is 9.40. The molecule has 1 aromatic heterocycles. The predicted octanol–water partition coefficient (Wildman–Crippen LogP) is 0.540. The molecule has 0 saturated heterocycles. The van der Waals surface area contributed by atoms with Crippen LogP contribution in [-0.4, -0.2) is 35.6 Å². The van der Waals surface area contributed by atoms with Gasteiger partial charge in [-0.1, -0.05) is 0 Å². The number of amides is 1. The Kier molecular flexibility index (Phi) is 3.61. The number of ether oxygens (including phenoxy) is 1. The van der Waals surface area contributed by atoms with Gasteiger partial charge in [-0.3, -0.25) is 4.79 Å². The Hall–Kier alpha value is -2.11. The van der Waals surface area contributed by atoms with Crippen LogP contribution in [0.4, 0.5) is 4.79 Å². The molecule has 0 aliphatic heterocycles. The number of nitrogens with zero attached hydrogens (tertiary/aromatic N) is 1. The first-order valence-corrected chi connectivity index (χ1v) is 4.14. The lowest BCUT2D eigenvalue weighted by Gasteiger charge is -2.05. The molecule has 80 valence electrons. The number of aromatic nitrogens is 1. The van der Waals surface area contributed by atoms with Crippen LogP contribution in [0.15, 0.2) is 18.3 Å². The van der Waals surface area contributed by atoms with E-state index in [1.807, 2.05) is 5.32 Å². The number of nitrogens with one attached hydrogen (secondary N) is 1. The van der Waals surface area contributed by atoms with Gasteiger partial charge in [0, 0.05) is 6.20 Å². The number of hydrogen-bond donors (Lipinski definition) is 2. The van der Waals surface area contributed by atoms with Gasteiger partial charge >= 0.3 is 6.09 Å². The van der Waals surface area contributed by atoms with E-state index in [1.165, 1.54) is 19.4 Å². The minimum absolute atomic E-state index is 0.190. The quantitative estimate of drug-likeness (QED) is 0.708. The van der Waals surface area contributed by atoms with Gasteiger partial charge in [-0.2, -0.15) is 0 Å². The summed E-state index contributed by atoms with van der Waals surface area (Å²) in [6.45, 7) is -0.294. The highest BCUT2D eigenvalue weighted by atomic mass is 16.5. The summed E-state index contributed by atoms with van der Waals surface area (Å²) < 4.78 is 4.87. The lowest BCUT2D eigenvalue weighted by molar-refractivity contribution is 0.0983. The zero-order valence-electron chi connectivity index (χ0n) is 8.06. The van der Waals surface area contributed by atoms with Crippen LogP contribution < -0.4 is 10.1 Å². The first kappa shape index (κ1) is 11.0. The third-order valence-corrected chi connectivity index (χ3v) is 1.67. The van der Waals surface area contributed by atoms with Crippen LogP contribution >= 0.6 is 0 Å². The molecule has 1 heterocycles. The number of carbonyl (C=O) groups excluding carboxylic acids is 1. The maximum absolute atomic E-state index is 11.5. The van der Waals surface area contributed by atoms with E-state index in [2.05, 4.69) is 4.98 Å². The summed E-state index contributed by atoms with van der Waals surface area (Å²) in [5.41, 5.74) is 0.258. The van der Waals surface area contributed by atoms with Gasteiger partial charge in [0.2, 0.25) is 5.88 Å². The van der Waals surface area contributed by atoms with Crippen molar-refractivity contribution in [3.8, 4) is 5.88 Å². The molecule has 0 saturated carbocycles. The molecule has 0 fully saturated rings. The van der Waals surface area contributed by atoms with E-state index in [4.69, 9.17) is 9.84 Å². The number of hydrogen-bond acceptors (Lipinski definition) is 4. The molecule has 6 nitrogen and oxygen atoms in total. The molecule has 1 rings (SSSR count). The van der Waals surface area contributed by atoms with Crippen LogP contribution in [0.3, 0.4) is 0 Å². The van der Waals surface area contributed by atoms with E-state index in [9.17, 15) is 9.59 Å². The van der Waals surface area contributed by atoms with Gasteiger partial charge in [0.1, 0.15) is 0 Å². The van der Waals surface area contributed by atoms with E-state index in [1.54, 1.807) is 6.07 Å². The third-order valence-electron chi connectivity index (χ3n) is 1.67. The van der Waals surface area contributed by atoms with Gasteiger partial charge in [-0.15, -0.1) is 0 Å². The monoisotopic (exact) mass is 210 g/mol. The number of methoxy groups -OCH3 is 1. The molecule has 0 atom stereocenters. The molecule has 0 spiro atoms. The van der Waals surface area contributed by atoms with Crippen LogP contribution in [0.25, 0.3) is 0 Å². The molecule has 0 aliphatic rings. The molecule has 6 heteroatoms. The van der Waals surface area contributed by atoms with E-state index in [0.29, 0.717) is 0 Å². The topological polar surface area (TPSA) is 88.5 Å². The lowest BCUT2D eigenvalue weighted by atomic mass is 10.2. The van der Waals surface area contributed by atoms with E-state index >= 15 is 0 Å². The second-order valence-corrected chi connectivity index (χ2v) is 2.64. The Morgan fingerprint density at radius 2 is 2.33 bits per heavy atom. The molecule has 0 aliphatic carbocycles. The molecule has 0 bridgehead atoms. The summed E-state index contributed by atoms with van der Waals surface area (Å²) in [6.07, 6.45) is 0.242. The summed E-state index contributed by atoms with van der Waals surface area (Å²) in [4.78, 5) is 25.5. The number of ketones is 1. The highest BCUT2D eigenvalue weighted by molar-refractivity contribution is 6.00. The zero-order chi connectivity index (χ0) is 11.3. The molecular weight excluding hydrogens is 200 g/mol. The zero-order valence-corrected chi connectivity index (χ0v) is 8.06. The maximum atomic E-state index is 11.5. The first-order chi connectivity index (χ1) is 7.15. The Balaban J connectivity index is 2.77. The van der Waals surface area contributed by atoms with Crippen LogP contribution in [-0.2, 0) is 0 Å². The largest absolute Gasteiger partial charge is 0.480 e. The summed E-state index contributed by atoms with van der Waals surface area (Å²) in [5.74, 6) is -0.197. The van der Waals surface area contributed by atoms with Crippen molar-refractivity contribution >= 4 is 11.9 Å². The van der Waals surface area contributed by atoms with Crippen LogP contribution in [0.5, 0.6) is 5.88 Å². The van der Waals surface area contributed by atoms with Crippen molar-refractivity contribution < 1.29 is 19.4 Å². The molecule has 2 N–H and O–H groups in total. The van der Waals surface area contributed by atoms with Crippen molar-refractivity contribution in [1.82, 2.24) is 10.3 Å². The van der Waals surface area contributed by atoms with Crippen molar-refractivity contribution in [3.63, 3.8) is 0 Å². The van der Waals surface area contributed by atoms with Gasteiger partial charge in [-0.25, -0.2) is 9.78 Å². The Morgan fingerprint density at radius 3 is 2.93 bits per heavy atom. The fourth-order valence-electron chi connectivity index (χ4n) is 1.02. The lowest BCUT2D eigenvalue weighted by Crippen LogP contribution is -2.28. The van der Waals surface area contributed by atoms with E-state index in [0.717, 1.165) is 0 Å². The summed E-state index contributed by atoms with van der Waals surface area (Å²) in [5, 5.41) is 10.3. The van der Waals surface area contributed by atoms with Gasteiger partial charge in [-0.05, 0) is 12.1 Å². The van der Waals surface area contributed by atoms with E-state index < -0.39 is 6.09 Å². The van der Waals surface area contributed by atoms with Gasteiger partial charge in [0.15, 0.2) is 5.78 Å². The highest BCUT2D eigenvalue weighted by Gasteiger charge is 2.12. The standard InChI is InChI=1S/C9H10N2O4/c1-15-8-6(3-2-4-10-8)7(12)5-11-9(13)14/h2-4,11H,5H2,1H3,(H,13,14). The molecule has 1 aromatic rings. The van der Waals surface area contributed by atoms with Gasteiger partial charge < -0.3 is 15.2 Å². The van der Waals surface area contributed by atoms with Crippen molar-refractivity contribution in [3.05, 3.63) is 23.9 Å². The maximum Gasteiger partial charge on any atom is 0.405 e. The molecule has 1 amide bonds. The van der Waals surface area contributed by atoms with E-state index in [-0.39, 0.29) is 23.8 Å². The van der Waals surface area contributed by atoms with Crippen LogP contribution in [0, 0.1) is 0 Å². The number of Topliss-reactive ketones (excluding diaryl/α,β-unsaturated/α-hetero) is 1. The fraction of sp³-hybridized carbons (Fsp3) is 0.222. The minimum Gasteiger partial charge on any atom is -0.480 e. The first-order valence-electron chi connectivity index (χ1n) is 4.14. The molecular formula is C9H10N2O4. The SMILES string of the molecule is COc1ncccc1C(=O)CNC(=O)O. The van der Waals surface area contributed by atoms with Crippen LogP contribution in [0.2, 0.25) is 0 Å². The Labute approximate surface area is 85.9 Å². The fourth-order valence-corrected chi connectivity index (χ4v) is 1.02. The third kappa shape index (κ3) is 2.94. The van der Waals surface area contributed by atoms with Crippen LogP contribution in [0.1, 0.15) is 10.4 Å². The second kappa shape index (κ2) is 4.94. The average molecular weight is 210 g/mol. The molecule has 0 unspecified atom stereocenters. The summed E-state index contributed by atoms with van der Waals surface area (Å²) in [6, 6.07) is 3.11. The Morgan fingerprint density at radius 1 is 1.60 bits per heavy atom. The Bertz CT molecular complexity index is 378. The number of carboxylic acid groups (broad SMARTS) is 1. The minimum atomic E-state index is -1.24. The second-order valence-electron chi connectivity index (χ2n) is 2.64. The number of carbonyl (C=O) groups is 2. The summed E-state index contributed by atoms with van der Waals surface area (Å²) in [7, 11) is 1.39. The predicted molar refractivity (Wildman–Crippen MR) is 51.1 cm³/mol. The molecule has 0 aromatic carbocycles. The highest BCUT2D eigenvalue weighted by Crippen LogP contribution is 2.13. The van der Waals surface area contributed by atoms with Crippen molar-refractivity contribution in [2.75, 3.05) is 13.7 Å².